The maximum Gasteiger partial charge on any atom is 0.305 e. The summed E-state index contributed by atoms with van der Waals surface area (Å²) >= 11 is 0. The molecule has 1 unspecified atom stereocenters. The summed E-state index contributed by atoms with van der Waals surface area (Å²) in [5, 5.41) is 12.8. The molecule has 1 aliphatic heterocycles. The number of carbonyl (C=O) groups excluding carboxylic acids is 1. The third-order valence-corrected chi connectivity index (χ3v) is 4.11. The van der Waals surface area contributed by atoms with Crippen molar-refractivity contribution in [3.05, 3.63) is 36.0 Å². The molecule has 0 aliphatic carbocycles. The van der Waals surface area contributed by atoms with E-state index in [0.717, 1.165) is 10.9 Å². The van der Waals surface area contributed by atoms with Crippen molar-refractivity contribution in [1.29, 1.82) is 0 Å². The topological polar surface area (TPSA) is 80.6 Å². The highest BCUT2D eigenvalue weighted by Crippen LogP contribution is 2.25. The number of rotatable bonds is 4. The normalized spacial score (nSPS) is 21.1. The van der Waals surface area contributed by atoms with Crippen LogP contribution < -0.4 is 5.32 Å². The first-order valence-electron chi connectivity index (χ1n) is 7.17. The molecular formula is C16H18N2O4. The Balaban J connectivity index is 1.91. The molecule has 22 heavy (non-hydrogen) atoms. The van der Waals surface area contributed by atoms with E-state index in [1.54, 1.807) is 6.20 Å². The number of nitrogens with one attached hydrogen (secondary N) is 1. The number of carboxylic acids is 1. The van der Waals surface area contributed by atoms with E-state index in [1.807, 2.05) is 35.9 Å². The fourth-order valence-electron chi connectivity index (χ4n) is 3.01. The van der Waals surface area contributed by atoms with Gasteiger partial charge in [-0.3, -0.25) is 9.59 Å². The fraction of sp³-hybridized carbons (Fsp3) is 0.375. The lowest BCUT2D eigenvalue weighted by atomic mass is 9.93. The van der Waals surface area contributed by atoms with Crippen LogP contribution in [0.5, 0.6) is 0 Å². The van der Waals surface area contributed by atoms with Crippen LogP contribution in [-0.2, 0) is 16.6 Å². The Morgan fingerprint density at radius 2 is 2.18 bits per heavy atom. The molecule has 1 saturated heterocycles. The van der Waals surface area contributed by atoms with E-state index in [4.69, 9.17) is 9.84 Å². The van der Waals surface area contributed by atoms with Crippen molar-refractivity contribution in [2.24, 2.45) is 7.05 Å². The van der Waals surface area contributed by atoms with Gasteiger partial charge in [-0.15, -0.1) is 0 Å². The van der Waals surface area contributed by atoms with Crippen LogP contribution in [0.25, 0.3) is 10.9 Å². The Kier molecular flexibility index (Phi) is 3.62. The summed E-state index contributed by atoms with van der Waals surface area (Å²) in [6.45, 7) is 0.693. The lowest BCUT2D eigenvalue weighted by Gasteiger charge is -2.26. The Morgan fingerprint density at radius 1 is 1.41 bits per heavy atom. The van der Waals surface area contributed by atoms with E-state index in [1.165, 1.54) is 0 Å². The van der Waals surface area contributed by atoms with Gasteiger partial charge in [0.05, 0.1) is 24.1 Å². The highest BCUT2D eigenvalue weighted by molar-refractivity contribution is 6.07. The standard InChI is InChI=1S/C16H18N2O4/c1-18-9-12(11-4-2-3-5-13(11)18)15(21)17-16(8-14(19)20)6-7-22-10-16/h2-5,9H,6-8,10H2,1H3,(H,17,21)(H,19,20). The second-order valence-corrected chi connectivity index (χ2v) is 5.78. The molecule has 1 aliphatic rings. The van der Waals surface area contributed by atoms with Gasteiger partial charge in [-0.1, -0.05) is 18.2 Å². The average molecular weight is 302 g/mol. The number of ether oxygens (including phenoxy) is 1. The van der Waals surface area contributed by atoms with Crippen LogP contribution in [0, 0.1) is 0 Å². The Bertz CT molecular complexity index is 729. The van der Waals surface area contributed by atoms with Crippen LogP contribution in [0.15, 0.2) is 30.5 Å². The third kappa shape index (κ3) is 2.57. The quantitative estimate of drug-likeness (QED) is 0.898. The molecule has 3 rings (SSSR count). The summed E-state index contributed by atoms with van der Waals surface area (Å²) in [5.74, 6) is -1.20. The van der Waals surface area contributed by atoms with Gasteiger partial charge in [0.15, 0.2) is 0 Å². The zero-order valence-corrected chi connectivity index (χ0v) is 12.3. The fourth-order valence-corrected chi connectivity index (χ4v) is 3.01. The smallest absolute Gasteiger partial charge is 0.305 e. The van der Waals surface area contributed by atoms with Crippen molar-refractivity contribution >= 4 is 22.8 Å². The van der Waals surface area contributed by atoms with E-state index in [9.17, 15) is 9.59 Å². The largest absolute Gasteiger partial charge is 0.481 e. The minimum absolute atomic E-state index is 0.135. The number of aromatic nitrogens is 1. The lowest BCUT2D eigenvalue weighted by molar-refractivity contribution is -0.138. The zero-order chi connectivity index (χ0) is 15.7. The van der Waals surface area contributed by atoms with E-state index in [0.29, 0.717) is 18.6 Å². The summed E-state index contributed by atoms with van der Waals surface area (Å²) in [7, 11) is 1.88. The second kappa shape index (κ2) is 5.46. The van der Waals surface area contributed by atoms with Gasteiger partial charge in [-0.2, -0.15) is 0 Å². The number of aliphatic carboxylic acids is 1. The zero-order valence-electron chi connectivity index (χ0n) is 12.3. The van der Waals surface area contributed by atoms with Gasteiger partial charge in [-0.25, -0.2) is 0 Å². The van der Waals surface area contributed by atoms with Crippen LogP contribution in [0.1, 0.15) is 23.2 Å². The number of amides is 1. The van der Waals surface area contributed by atoms with Crippen molar-refractivity contribution < 1.29 is 19.4 Å². The molecule has 2 N–H and O–H groups in total. The highest BCUT2D eigenvalue weighted by Gasteiger charge is 2.39. The summed E-state index contributed by atoms with van der Waals surface area (Å²) in [4.78, 5) is 23.7. The lowest BCUT2D eigenvalue weighted by Crippen LogP contribution is -2.50. The number of para-hydroxylation sites is 1. The van der Waals surface area contributed by atoms with Crippen LogP contribution in [0.2, 0.25) is 0 Å². The van der Waals surface area contributed by atoms with Gasteiger partial charge in [0.2, 0.25) is 0 Å². The summed E-state index contributed by atoms with van der Waals surface area (Å²) in [6.07, 6.45) is 2.14. The number of carboxylic acid groups (broad SMARTS) is 1. The molecule has 116 valence electrons. The molecule has 1 amide bonds. The first-order valence-corrected chi connectivity index (χ1v) is 7.17. The monoisotopic (exact) mass is 302 g/mol. The molecule has 1 aromatic heterocycles. The highest BCUT2D eigenvalue weighted by atomic mass is 16.5. The first-order chi connectivity index (χ1) is 10.5. The van der Waals surface area contributed by atoms with Gasteiger partial charge in [-0.05, 0) is 12.5 Å². The summed E-state index contributed by atoms with van der Waals surface area (Å²) in [6, 6.07) is 7.63. The average Bonchev–Trinajstić information content (AvgIpc) is 3.04. The number of aryl methyl sites for hydroxylation is 1. The molecule has 1 fully saturated rings. The van der Waals surface area contributed by atoms with Crippen LogP contribution in [-0.4, -0.2) is 40.3 Å². The van der Waals surface area contributed by atoms with Crippen LogP contribution in [0.4, 0.5) is 0 Å². The van der Waals surface area contributed by atoms with Crippen molar-refractivity contribution in [1.82, 2.24) is 9.88 Å². The Morgan fingerprint density at radius 3 is 2.86 bits per heavy atom. The maximum atomic E-state index is 12.6. The third-order valence-electron chi connectivity index (χ3n) is 4.11. The predicted octanol–water partition coefficient (Wildman–Crippen LogP) is 1.54. The molecule has 6 nitrogen and oxygen atoms in total. The van der Waals surface area contributed by atoms with E-state index in [-0.39, 0.29) is 18.9 Å². The Hall–Kier alpha value is -2.34. The number of nitrogens with zero attached hydrogens (tertiary/aromatic N) is 1. The Labute approximate surface area is 127 Å². The van der Waals surface area contributed by atoms with Gasteiger partial charge >= 0.3 is 5.97 Å². The van der Waals surface area contributed by atoms with E-state index >= 15 is 0 Å². The number of fused-ring (bicyclic) bond motifs is 1. The second-order valence-electron chi connectivity index (χ2n) is 5.78. The number of carbonyl (C=O) groups is 2. The molecule has 0 spiro atoms. The van der Waals surface area contributed by atoms with E-state index < -0.39 is 11.5 Å². The minimum Gasteiger partial charge on any atom is -0.481 e. The molecule has 0 saturated carbocycles. The van der Waals surface area contributed by atoms with Crippen molar-refractivity contribution in [3.63, 3.8) is 0 Å². The van der Waals surface area contributed by atoms with Gasteiger partial charge in [0.25, 0.3) is 5.91 Å². The number of hydrogen-bond acceptors (Lipinski definition) is 3. The molecular weight excluding hydrogens is 284 g/mol. The van der Waals surface area contributed by atoms with Crippen LogP contribution in [0.3, 0.4) is 0 Å². The summed E-state index contributed by atoms with van der Waals surface area (Å²) < 4.78 is 7.20. The molecule has 0 radical (unpaired) electrons. The van der Waals surface area contributed by atoms with Gasteiger partial charge < -0.3 is 19.7 Å². The maximum absolute atomic E-state index is 12.6. The molecule has 2 heterocycles. The van der Waals surface area contributed by atoms with Crippen molar-refractivity contribution in [3.8, 4) is 0 Å². The van der Waals surface area contributed by atoms with Gasteiger partial charge in [0, 0.05) is 30.8 Å². The molecule has 0 bridgehead atoms. The van der Waals surface area contributed by atoms with Crippen molar-refractivity contribution in [2.45, 2.75) is 18.4 Å². The van der Waals surface area contributed by atoms with Crippen molar-refractivity contribution in [2.75, 3.05) is 13.2 Å². The minimum atomic E-state index is -0.941. The van der Waals surface area contributed by atoms with Crippen LogP contribution >= 0.6 is 0 Å². The molecule has 1 aromatic carbocycles. The van der Waals surface area contributed by atoms with Gasteiger partial charge in [0.1, 0.15) is 0 Å². The van der Waals surface area contributed by atoms with E-state index in [2.05, 4.69) is 5.32 Å². The molecule has 1 atom stereocenters. The first kappa shape index (κ1) is 14.6. The predicted molar refractivity (Wildman–Crippen MR) is 80.8 cm³/mol. The number of benzene rings is 1. The molecule has 6 heteroatoms. The SMILES string of the molecule is Cn1cc(C(=O)NC2(CC(=O)O)CCOC2)c2ccccc21. The molecule has 2 aromatic rings. The number of hydrogen-bond donors (Lipinski definition) is 2. The summed E-state index contributed by atoms with van der Waals surface area (Å²) in [5.41, 5.74) is 0.692.